The molecule has 2 N–H and O–H groups in total. The van der Waals surface area contributed by atoms with Gasteiger partial charge in [-0.1, -0.05) is 6.07 Å². The molecule has 2 saturated carbocycles. The molecule has 0 amide bonds. The Morgan fingerprint density at radius 1 is 1.15 bits per heavy atom. The molecule has 1 heterocycles. The van der Waals surface area contributed by atoms with Crippen molar-refractivity contribution in [3.8, 4) is 0 Å². The van der Waals surface area contributed by atoms with E-state index in [9.17, 15) is 0 Å². The van der Waals surface area contributed by atoms with Gasteiger partial charge in [-0.3, -0.25) is 4.98 Å². The van der Waals surface area contributed by atoms with Crippen molar-refractivity contribution in [3.63, 3.8) is 0 Å². The Morgan fingerprint density at radius 3 is 2.38 bits per heavy atom. The van der Waals surface area contributed by atoms with Crippen molar-refractivity contribution in [2.24, 2.45) is 5.73 Å². The van der Waals surface area contributed by atoms with Gasteiger partial charge in [0, 0.05) is 22.8 Å². The first kappa shape index (κ1) is 7.51. The molecule has 3 rings (SSSR count). The fourth-order valence-electron chi connectivity index (χ4n) is 2.39. The number of hydrogen-bond donors (Lipinski definition) is 1. The molecule has 2 aliphatic carbocycles. The number of nitrogens with two attached hydrogens (primary N) is 1. The largest absolute Gasteiger partial charge is 0.324 e. The summed E-state index contributed by atoms with van der Waals surface area (Å²) in [5.41, 5.74) is 7.85. The van der Waals surface area contributed by atoms with Crippen LogP contribution in [0, 0.1) is 0 Å². The quantitative estimate of drug-likeness (QED) is 0.739. The molecule has 2 nitrogen and oxygen atoms in total. The van der Waals surface area contributed by atoms with Gasteiger partial charge in [-0.05, 0) is 37.8 Å². The third-order valence-corrected chi connectivity index (χ3v) is 3.65. The van der Waals surface area contributed by atoms with Crippen LogP contribution >= 0.6 is 0 Å². The summed E-state index contributed by atoms with van der Waals surface area (Å²) in [5.74, 6) is 0. The van der Waals surface area contributed by atoms with Crippen LogP contribution in [0.2, 0.25) is 0 Å². The number of rotatable bonds is 2. The van der Waals surface area contributed by atoms with Crippen molar-refractivity contribution in [1.82, 2.24) is 4.98 Å². The van der Waals surface area contributed by atoms with Crippen LogP contribution in [0.3, 0.4) is 0 Å². The second-order valence-corrected chi connectivity index (χ2v) is 4.45. The van der Waals surface area contributed by atoms with E-state index in [0.717, 1.165) is 0 Å². The fourth-order valence-corrected chi connectivity index (χ4v) is 2.39. The normalized spacial score (nSPS) is 26.8. The highest BCUT2D eigenvalue weighted by Gasteiger charge is 2.64. The fraction of sp³-hybridized carbons (Fsp3) is 0.545. The Kier molecular flexibility index (Phi) is 1.23. The molecule has 13 heavy (non-hydrogen) atoms. The minimum atomic E-state index is 0.0986. The van der Waals surface area contributed by atoms with Crippen molar-refractivity contribution < 1.29 is 0 Å². The van der Waals surface area contributed by atoms with Crippen LogP contribution in [-0.4, -0.2) is 10.5 Å². The minimum absolute atomic E-state index is 0.0986. The van der Waals surface area contributed by atoms with Crippen molar-refractivity contribution in [1.29, 1.82) is 0 Å². The maximum Gasteiger partial charge on any atom is 0.0483 e. The van der Waals surface area contributed by atoms with Crippen molar-refractivity contribution in [2.45, 2.75) is 36.6 Å². The van der Waals surface area contributed by atoms with Gasteiger partial charge in [0.1, 0.15) is 0 Å². The van der Waals surface area contributed by atoms with Gasteiger partial charge >= 0.3 is 0 Å². The van der Waals surface area contributed by atoms with Crippen LogP contribution in [0.1, 0.15) is 31.4 Å². The summed E-state index contributed by atoms with van der Waals surface area (Å²) in [5, 5.41) is 0. The summed E-state index contributed by atoms with van der Waals surface area (Å²) in [4.78, 5) is 4.44. The summed E-state index contributed by atoms with van der Waals surface area (Å²) in [7, 11) is 0. The highest BCUT2D eigenvalue weighted by atomic mass is 14.9. The maximum absolute atomic E-state index is 6.28. The molecular weight excluding hydrogens is 160 g/mol. The van der Waals surface area contributed by atoms with E-state index in [1.54, 1.807) is 0 Å². The van der Waals surface area contributed by atoms with Crippen LogP contribution < -0.4 is 5.73 Å². The smallest absolute Gasteiger partial charge is 0.0483 e. The monoisotopic (exact) mass is 174 g/mol. The van der Waals surface area contributed by atoms with E-state index in [1.165, 1.54) is 31.4 Å². The molecule has 0 aliphatic heterocycles. The third-order valence-electron chi connectivity index (χ3n) is 3.65. The molecule has 0 radical (unpaired) electrons. The molecule has 0 saturated heterocycles. The lowest BCUT2D eigenvalue weighted by atomic mass is 9.90. The van der Waals surface area contributed by atoms with E-state index in [-0.39, 0.29) is 11.0 Å². The number of nitrogens with zero attached hydrogens (tertiary/aromatic N) is 1. The van der Waals surface area contributed by atoms with E-state index < -0.39 is 0 Å². The summed E-state index contributed by atoms with van der Waals surface area (Å²) in [6.07, 6.45) is 6.72. The van der Waals surface area contributed by atoms with Gasteiger partial charge in [-0.15, -0.1) is 0 Å². The van der Waals surface area contributed by atoms with Crippen LogP contribution in [-0.2, 0) is 5.41 Å². The molecule has 0 spiro atoms. The molecule has 2 heteroatoms. The standard InChI is InChI=1S/C11H14N2/c12-11(6-7-11)10(4-5-10)9-3-1-2-8-13-9/h1-3,8H,4-7,12H2. The molecular formula is C11H14N2. The van der Waals surface area contributed by atoms with E-state index >= 15 is 0 Å². The zero-order chi connectivity index (χ0) is 8.94. The first-order valence-corrected chi connectivity index (χ1v) is 4.97. The maximum atomic E-state index is 6.28. The Hall–Kier alpha value is -0.890. The van der Waals surface area contributed by atoms with E-state index in [2.05, 4.69) is 17.1 Å². The Labute approximate surface area is 78.2 Å². The van der Waals surface area contributed by atoms with Gasteiger partial charge in [0.15, 0.2) is 0 Å². The molecule has 2 aliphatic rings. The minimum Gasteiger partial charge on any atom is -0.324 e. The number of hydrogen-bond acceptors (Lipinski definition) is 2. The average molecular weight is 174 g/mol. The topological polar surface area (TPSA) is 38.9 Å². The Morgan fingerprint density at radius 2 is 1.92 bits per heavy atom. The predicted octanol–water partition coefficient (Wildman–Crippen LogP) is 1.60. The second kappa shape index (κ2) is 2.13. The van der Waals surface area contributed by atoms with Crippen molar-refractivity contribution in [2.75, 3.05) is 0 Å². The second-order valence-electron chi connectivity index (χ2n) is 4.45. The summed E-state index contributed by atoms with van der Waals surface area (Å²) in [6.45, 7) is 0. The van der Waals surface area contributed by atoms with E-state index in [1.807, 2.05) is 12.3 Å². The molecule has 0 atom stereocenters. The number of aromatic nitrogens is 1. The van der Waals surface area contributed by atoms with Crippen LogP contribution in [0.15, 0.2) is 24.4 Å². The van der Waals surface area contributed by atoms with Crippen molar-refractivity contribution in [3.05, 3.63) is 30.1 Å². The molecule has 1 aromatic rings. The first-order valence-electron chi connectivity index (χ1n) is 4.97. The average Bonchev–Trinajstić information content (AvgIpc) is 3.01. The molecule has 0 unspecified atom stereocenters. The van der Waals surface area contributed by atoms with E-state index in [0.29, 0.717) is 0 Å². The molecule has 2 fully saturated rings. The molecule has 0 bridgehead atoms. The first-order chi connectivity index (χ1) is 6.27. The van der Waals surface area contributed by atoms with Gasteiger partial charge in [-0.2, -0.15) is 0 Å². The molecule has 1 aromatic heterocycles. The summed E-state index contributed by atoms with van der Waals surface area (Å²) < 4.78 is 0. The van der Waals surface area contributed by atoms with Gasteiger partial charge < -0.3 is 5.73 Å². The lowest BCUT2D eigenvalue weighted by Crippen LogP contribution is -2.37. The van der Waals surface area contributed by atoms with Crippen LogP contribution in [0.4, 0.5) is 0 Å². The SMILES string of the molecule is NC1(C2(c3ccccn3)CC2)CC1. The number of pyridine rings is 1. The predicted molar refractivity (Wildman–Crippen MR) is 51.3 cm³/mol. The summed E-state index contributed by atoms with van der Waals surface area (Å²) in [6, 6.07) is 6.16. The lowest BCUT2D eigenvalue weighted by molar-refractivity contribution is 0.491. The third kappa shape index (κ3) is 0.894. The lowest BCUT2D eigenvalue weighted by Gasteiger charge is -2.21. The molecule has 0 aromatic carbocycles. The molecule has 68 valence electrons. The van der Waals surface area contributed by atoms with Gasteiger partial charge in [0.05, 0.1) is 0 Å². The zero-order valence-corrected chi connectivity index (χ0v) is 7.66. The zero-order valence-electron chi connectivity index (χ0n) is 7.66. The van der Waals surface area contributed by atoms with Crippen LogP contribution in [0.25, 0.3) is 0 Å². The van der Waals surface area contributed by atoms with Gasteiger partial charge in [-0.25, -0.2) is 0 Å². The van der Waals surface area contributed by atoms with Gasteiger partial charge in [0.2, 0.25) is 0 Å². The Balaban J connectivity index is 2.01. The van der Waals surface area contributed by atoms with E-state index in [4.69, 9.17) is 5.73 Å². The highest BCUT2D eigenvalue weighted by molar-refractivity contribution is 5.36. The summed E-state index contributed by atoms with van der Waals surface area (Å²) >= 11 is 0. The highest BCUT2D eigenvalue weighted by Crippen LogP contribution is 2.62. The van der Waals surface area contributed by atoms with Crippen molar-refractivity contribution >= 4 is 0 Å². The van der Waals surface area contributed by atoms with Crippen LogP contribution in [0.5, 0.6) is 0 Å². The van der Waals surface area contributed by atoms with Gasteiger partial charge in [0.25, 0.3) is 0 Å². The Bertz CT molecular complexity index is 323.